The van der Waals surface area contributed by atoms with Gasteiger partial charge < -0.3 is 5.32 Å². The second kappa shape index (κ2) is 8.50. The van der Waals surface area contributed by atoms with Crippen LogP contribution in [0.25, 0.3) is 0 Å². The summed E-state index contributed by atoms with van der Waals surface area (Å²) in [5.41, 5.74) is 2.87. The molecule has 1 aromatic rings. The summed E-state index contributed by atoms with van der Waals surface area (Å²) in [6.45, 7) is 4.64. The predicted molar refractivity (Wildman–Crippen MR) is 102 cm³/mol. The van der Waals surface area contributed by atoms with E-state index in [1.807, 2.05) is 0 Å². The van der Waals surface area contributed by atoms with Crippen molar-refractivity contribution in [3.8, 4) is 0 Å². The second-order valence-electron chi connectivity index (χ2n) is 7.38. The van der Waals surface area contributed by atoms with Gasteiger partial charge in [-0.3, -0.25) is 9.69 Å². The topological polar surface area (TPSA) is 69.7 Å². The minimum absolute atomic E-state index is 0.0603. The Labute approximate surface area is 156 Å². The first-order valence-corrected chi connectivity index (χ1v) is 11.3. The number of piperidine rings is 1. The van der Waals surface area contributed by atoms with Crippen molar-refractivity contribution in [2.75, 3.05) is 39.0 Å². The van der Waals surface area contributed by atoms with E-state index in [1.54, 1.807) is 0 Å². The van der Waals surface area contributed by atoms with E-state index in [9.17, 15) is 13.2 Å². The minimum atomic E-state index is -3.13. The largest absolute Gasteiger partial charge is 0.356 e. The molecule has 3 rings (SSSR count). The summed E-state index contributed by atoms with van der Waals surface area (Å²) in [5, 5.41) is 3.03. The Kier molecular flexibility index (Phi) is 6.32. The number of hydrogen-bond acceptors (Lipinski definition) is 4. The number of fused-ring (bicyclic) bond motifs is 1. The molecule has 7 heteroatoms. The van der Waals surface area contributed by atoms with Crippen LogP contribution in [0.4, 0.5) is 0 Å². The van der Waals surface area contributed by atoms with Gasteiger partial charge in [-0.05, 0) is 36.8 Å². The van der Waals surface area contributed by atoms with E-state index in [0.29, 0.717) is 32.5 Å². The lowest BCUT2D eigenvalue weighted by molar-refractivity contribution is -0.126. The molecule has 144 valence electrons. The number of carbonyl (C=O) groups excluding carboxylic acids is 1. The number of amides is 1. The average molecular weight is 380 g/mol. The molecule has 0 aliphatic carbocycles. The summed E-state index contributed by atoms with van der Waals surface area (Å²) in [4.78, 5) is 14.7. The van der Waals surface area contributed by atoms with E-state index in [2.05, 4.69) is 34.5 Å². The summed E-state index contributed by atoms with van der Waals surface area (Å²) in [5.74, 6) is 0.0111. The molecule has 1 fully saturated rings. The lowest BCUT2D eigenvalue weighted by Gasteiger charge is -2.30. The van der Waals surface area contributed by atoms with Gasteiger partial charge >= 0.3 is 0 Å². The molecule has 1 aromatic carbocycles. The molecule has 0 spiro atoms. The molecule has 1 saturated heterocycles. The number of rotatable bonds is 6. The predicted octanol–water partition coefficient (Wildman–Crippen LogP) is 1.22. The highest BCUT2D eigenvalue weighted by Gasteiger charge is 2.28. The highest BCUT2D eigenvalue weighted by molar-refractivity contribution is 7.88. The van der Waals surface area contributed by atoms with Crippen LogP contribution in [0.15, 0.2) is 24.3 Å². The SMILES string of the molecule is CS(=O)(=O)N1CCC(C(=O)NCCCN2CCc3ccccc3C2)CC1. The fourth-order valence-electron chi connectivity index (χ4n) is 3.85. The van der Waals surface area contributed by atoms with Crippen molar-refractivity contribution in [2.24, 2.45) is 5.92 Å². The summed E-state index contributed by atoms with van der Waals surface area (Å²) in [7, 11) is -3.13. The number of nitrogens with one attached hydrogen (secondary N) is 1. The molecule has 1 N–H and O–H groups in total. The van der Waals surface area contributed by atoms with E-state index in [4.69, 9.17) is 0 Å². The zero-order chi connectivity index (χ0) is 18.6. The molecule has 1 amide bonds. The molecule has 0 radical (unpaired) electrons. The Bertz CT molecular complexity index is 727. The molecule has 0 atom stereocenters. The van der Waals surface area contributed by atoms with E-state index >= 15 is 0 Å². The van der Waals surface area contributed by atoms with Crippen LogP contribution in [-0.4, -0.2) is 62.5 Å². The van der Waals surface area contributed by atoms with Crippen LogP contribution in [0, 0.1) is 5.92 Å². The molecule has 0 bridgehead atoms. The van der Waals surface area contributed by atoms with Crippen LogP contribution in [0.3, 0.4) is 0 Å². The van der Waals surface area contributed by atoms with E-state index in [0.717, 1.165) is 32.5 Å². The van der Waals surface area contributed by atoms with Crippen molar-refractivity contribution in [1.82, 2.24) is 14.5 Å². The van der Waals surface area contributed by atoms with Gasteiger partial charge in [0.2, 0.25) is 15.9 Å². The van der Waals surface area contributed by atoms with Gasteiger partial charge in [-0.15, -0.1) is 0 Å². The quantitative estimate of drug-likeness (QED) is 0.755. The van der Waals surface area contributed by atoms with Crippen LogP contribution < -0.4 is 5.32 Å². The van der Waals surface area contributed by atoms with Crippen LogP contribution in [0.2, 0.25) is 0 Å². The Morgan fingerprint density at radius 3 is 2.54 bits per heavy atom. The third kappa shape index (κ3) is 5.05. The molecule has 0 aromatic heterocycles. The lowest BCUT2D eigenvalue weighted by atomic mass is 9.97. The monoisotopic (exact) mass is 379 g/mol. The number of nitrogens with zero attached hydrogens (tertiary/aromatic N) is 2. The third-order valence-corrected chi connectivity index (χ3v) is 6.76. The van der Waals surface area contributed by atoms with Crippen LogP contribution in [0.5, 0.6) is 0 Å². The number of hydrogen-bond donors (Lipinski definition) is 1. The van der Waals surface area contributed by atoms with Crippen LogP contribution in [-0.2, 0) is 27.8 Å². The van der Waals surface area contributed by atoms with Gasteiger partial charge in [-0.1, -0.05) is 24.3 Å². The van der Waals surface area contributed by atoms with Crippen LogP contribution >= 0.6 is 0 Å². The highest BCUT2D eigenvalue weighted by Crippen LogP contribution is 2.20. The Morgan fingerprint density at radius 2 is 1.85 bits per heavy atom. The van der Waals surface area contributed by atoms with Crippen molar-refractivity contribution < 1.29 is 13.2 Å². The maximum absolute atomic E-state index is 12.3. The minimum Gasteiger partial charge on any atom is -0.356 e. The van der Waals surface area contributed by atoms with Crippen LogP contribution in [0.1, 0.15) is 30.4 Å². The van der Waals surface area contributed by atoms with Gasteiger partial charge in [-0.25, -0.2) is 12.7 Å². The lowest BCUT2D eigenvalue weighted by Crippen LogP contribution is -2.43. The zero-order valence-corrected chi connectivity index (χ0v) is 16.3. The summed E-state index contributed by atoms with van der Waals surface area (Å²) in [6, 6.07) is 8.61. The van der Waals surface area contributed by atoms with Gasteiger partial charge in [0, 0.05) is 45.2 Å². The van der Waals surface area contributed by atoms with Crippen molar-refractivity contribution in [3.05, 3.63) is 35.4 Å². The van der Waals surface area contributed by atoms with Gasteiger partial charge in [0.15, 0.2) is 0 Å². The van der Waals surface area contributed by atoms with Crippen molar-refractivity contribution >= 4 is 15.9 Å². The molecule has 0 unspecified atom stereocenters. The maximum atomic E-state index is 12.3. The van der Waals surface area contributed by atoms with Gasteiger partial charge in [0.1, 0.15) is 0 Å². The van der Waals surface area contributed by atoms with Gasteiger partial charge in [-0.2, -0.15) is 0 Å². The Balaban J connectivity index is 1.34. The Morgan fingerprint density at radius 1 is 1.15 bits per heavy atom. The molecule has 2 heterocycles. The molecular formula is C19H29N3O3S. The number of sulfonamides is 1. The van der Waals surface area contributed by atoms with Gasteiger partial charge in [0.25, 0.3) is 0 Å². The van der Waals surface area contributed by atoms with E-state index in [-0.39, 0.29) is 11.8 Å². The van der Waals surface area contributed by atoms with Crippen molar-refractivity contribution in [3.63, 3.8) is 0 Å². The van der Waals surface area contributed by atoms with Gasteiger partial charge in [0.05, 0.1) is 6.26 Å². The summed E-state index contributed by atoms with van der Waals surface area (Å²) >= 11 is 0. The number of benzene rings is 1. The first-order valence-electron chi connectivity index (χ1n) is 9.45. The normalized spacial score (nSPS) is 19.9. The molecular weight excluding hydrogens is 350 g/mol. The molecule has 2 aliphatic rings. The van der Waals surface area contributed by atoms with E-state index < -0.39 is 10.0 Å². The standard InChI is InChI=1S/C19H29N3O3S/c1-26(24,25)22-13-8-17(9-14-22)19(23)20-10-4-11-21-12-7-16-5-2-3-6-18(16)15-21/h2-3,5-6,17H,4,7-15H2,1H3,(H,20,23). The summed E-state index contributed by atoms with van der Waals surface area (Å²) < 4.78 is 24.5. The van der Waals surface area contributed by atoms with Crippen molar-refractivity contribution in [1.29, 1.82) is 0 Å². The molecule has 2 aliphatic heterocycles. The fraction of sp³-hybridized carbons (Fsp3) is 0.632. The second-order valence-corrected chi connectivity index (χ2v) is 9.36. The molecule has 26 heavy (non-hydrogen) atoms. The summed E-state index contributed by atoms with van der Waals surface area (Å²) in [6.07, 6.45) is 4.49. The Hall–Kier alpha value is -1.44. The fourth-order valence-corrected chi connectivity index (χ4v) is 4.73. The first kappa shape index (κ1) is 19.3. The smallest absolute Gasteiger partial charge is 0.223 e. The maximum Gasteiger partial charge on any atom is 0.223 e. The highest BCUT2D eigenvalue weighted by atomic mass is 32.2. The average Bonchev–Trinajstić information content (AvgIpc) is 2.64. The zero-order valence-electron chi connectivity index (χ0n) is 15.5. The number of carbonyl (C=O) groups is 1. The molecule has 0 saturated carbocycles. The first-order chi connectivity index (χ1) is 12.4. The van der Waals surface area contributed by atoms with E-state index in [1.165, 1.54) is 21.7 Å². The van der Waals surface area contributed by atoms with Crippen molar-refractivity contribution in [2.45, 2.75) is 32.2 Å². The molecule has 6 nitrogen and oxygen atoms in total. The third-order valence-electron chi connectivity index (χ3n) is 5.45.